The van der Waals surface area contributed by atoms with Gasteiger partial charge in [-0.3, -0.25) is 4.79 Å². The summed E-state index contributed by atoms with van der Waals surface area (Å²) in [4.78, 5) is 10.4. The van der Waals surface area contributed by atoms with Gasteiger partial charge in [0.2, 0.25) is 0 Å². The van der Waals surface area contributed by atoms with Crippen LogP contribution in [0.3, 0.4) is 0 Å². The van der Waals surface area contributed by atoms with Gasteiger partial charge in [0.25, 0.3) is 0 Å². The summed E-state index contributed by atoms with van der Waals surface area (Å²) in [7, 11) is 5.52. The largest absolute Gasteiger partial charge is 0.392 e. The van der Waals surface area contributed by atoms with Crippen LogP contribution in [0.2, 0.25) is 0 Å². The van der Waals surface area contributed by atoms with Crippen molar-refractivity contribution < 1.29 is 4.79 Å². The van der Waals surface area contributed by atoms with Crippen LogP contribution < -0.4 is 16.0 Å². The Morgan fingerprint density at radius 1 is 0.789 bits per heavy atom. The highest BCUT2D eigenvalue weighted by molar-refractivity contribution is 5.66. The van der Waals surface area contributed by atoms with E-state index in [0.717, 1.165) is 23.4 Å². The normalized spacial score (nSPS) is 14.0. The van der Waals surface area contributed by atoms with E-state index in [-0.39, 0.29) is 0 Å². The molecular formula is C15H23N3O. The van der Waals surface area contributed by atoms with Crippen LogP contribution >= 0.6 is 0 Å². The average molecular weight is 261 g/mol. The average Bonchev–Trinajstić information content (AvgIpc) is 2.44. The molecule has 4 nitrogen and oxygen atoms in total. The highest BCUT2D eigenvalue weighted by Crippen LogP contribution is 1.96. The summed E-state index contributed by atoms with van der Waals surface area (Å²) in [6, 6.07) is 0. The molecule has 0 aliphatic rings. The van der Waals surface area contributed by atoms with E-state index in [0.29, 0.717) is 0 Å². The molecule has 0 unspecified atom stereocenters. The Labute approximate surface area is 115 Å². The van der Waals surface area contributed by atoms with E-state index < -0.39 is 0 Å². The number of aldehydes is 1. The lowest BCUT2D eigenvalue weighted by molar-refractivity contribution is -0.104. The van der Waals surface area contributed by atoms with Crippen LogP contribution in [0, 0.1) is 0 Å². The molecule has 0 aromatic carbocycles. The van der Waals surface area contributed by atoms with E-state index in [1.165, 1.54) is 6.08 Å². The van der Waals surface area contributed by atoms with Gasteiger partial charge in [0.05, 0.1) is 0 Å². The maximum Gasteiger partial charge on any atom is 0.144 e. The van der Waals surface area contributed by atoms with E-state index in [4.69, 9.17) is 0 Å². The Balaban J connectivity index is 4.69. The number of hydrogen-bond donors (Lipinski definition) is 3. The van der Waals surface area contributed by atoms with Crippen molar-refractivity contribution in [2.75, 3.05) is 21.1 Å². The third-order valence-corrected chi connectivity index (χ3v) is 2.39. The molecular weight excluding hydrogens is 238 g/mol. The van der Waals surface area contributed by atoms with Gasteiger partial charge in [0.15, 0.2) is 0 Å². The van der Waals surface area contributed by atoms with Crippen LogP contribution in [0.1, 0.15) is 6.92 Å². The van der Waals surface area contributed by atoms with Gasteiger partial charge in [-0.05, 0) is 31.2 Å². The second-order valence-electron chi connectivity index (χ2n) is 3.70. The second-order valence-corrected chi connectivity index (χ2v) is 3.70. The molecule has 0 radical (unpaired) electrons. The van der Waals surface area contributed by atoms with Crippen molar-refractivity contribution in [3.8, 4) is 0 Å². The van der Waals surface area contributed by atoms with Gasteiger partial charge in [0, 0.05) is 44.3 Å². The van der Waals surface area contributed by atoms with Crippen molar-refractivity contribution in [3.05, 3.63) is 59.6 Å². The zero-order valence-corrected chi connectivity index (χ0v) is 12.0. The van der Waals surface area contributed by atoms with Crippen LogP contribution in [-0.2, 0) is 4.79 Å². The molecule has 0 spiro atoms. The Kier molecular flexibility index (Phi) is 9.62. The lowest BCUT2D eigenvalue weighted by Gasteiger charge is -1.99. The van der Waals surface area contributed by atoms with Gasteiger partial charge in [-0.25, -0.2) is 0 Å². The number of likely N-dealkylation sites (N-methyl/N-ethyl adjacent to an activating group) is 2. The predicted octanol–water partition coefficient (Wildman–Crippen LogP) is 1.63. The first kappa shape index (κ1) is 16.8. The molecule has 0 aromatic heterocycles. The first-order valence-corrected chi connectivity index (χ1v) is 6.10. The zero-order chi connectivity index (χ0) is 14.5. The number of allylic oxidation sites excluding steroid dienone is 8. The standard InChI is InChI=1S/C15H23N3O/c1-13(16-2)7-5-8-14(17-3)9-6-10-15(18-4)11-12-19/h5-12,16-18H,1-4H3. The first-order chi connectivity index (χ1) is 9.17. The molecule has 0 aliphatic heterocycles. The minimum Gasteiger partial charge on any atom is -0.392 e. The molecule has 0 aromatic rings. The lowest BCUT2D eigenvalue weighted by atomic mass is 10.3. The molecule has 104 valence electrons. The highest BCUT2D eigenvalue weighted by atomic mass is 16.1. The van der Waals surface area contributed by atoms with Gasteiger partial charge < -0.3 is 16.0 Å². The molecule has 0 rings (SSSR count). The Hall–Kier alpha value is -2.23. The molecule has 19 heavy (non-hydrogen) atoms. The van der Waals surface area contributed by atoms with Crippen LogP contribution in [0.25, 0.3) is 0 Å². The molecule has 0 saturated carbocycles. The monoisotopic (exact) mass is 261 g/mol. The molecule has 0 saturated heterocycles. The van der Waals surface area contributed by atoms with E-state index >= 15 is 0 Å². The second kappa shape index (κ2) is 10.9. The first-order valence-electron chi connectivity index (χ1n) is 6.10. The number of carbonyl (C=O) groups excluding carboxylic acids is 1. The molecule has 0 amide bonds. The van der Waals surface area contributed by atoms with Gasteiger partial charge in [-0.2, -0.15) is 0 Å². The Morgan fingerprint density at radius 3 is 1.79 bits per heavy atom. The minimum absolute atomic E-state index is 0.754. The third-order valence-electron chi connectivity index (χ3n) is 2.39. The van der Waals surface area contributed by atoms with Crippen molar-refractivity contribution in [3.63, 3.8) is 0 Å². The molecule has 0 fully saturated rings. The number of hydrogen-bond acceptors (Lipinski definition) is 4. The molecule has 0 bridgehead atoms. The van der Waals surface area contributed by atoms with Crippen molar-refractivity contribution in [2.45, 2.75) is 6.92 Å². The molecule has 4 heteroatoms. The van der Waals surface area contributed by atoms with Gasteiger partial charge in [-0.1, -0.05) is 12.2 Å². The Bertz CT molecular complexity index is 415. The van der Waals surface area contributed by atoms with E-state index in [1.54, 1.807) is 7.05 Å². The quantitative estimate of drug-likeness (QED) is 0.353. The lowest BCUT2D eigenvalue weighted by Crippen LogP contribution is -2.04. The summed E-state index contributed by atoms with van der Waals surface area (Å²) in [6.45, 7) is 2.00. The van der Waals surface area contributed by atoms with Crippen LogP contribution in [-0.4, -0.2) is 27.4 Å². The number of rotatable bonds is 8. The molecule has 3 N–H and O–H groups in total. The third kappa shape index (κ3) is 8.49. The maximum absolute atomic E-state index is 10.4. The minimum atomic E-state index is 0.754. The summed E-state index contributed by atoms with van der Waals surface area (Å²) < 4.78 is 0. The fraction of sp³-hybridized carbons (Fsp3) is 0.267. The summed E-state index contributed by atoms with van der Waals surface area (Å²) in [5.74, 6) is 0. The van der Waals surface area contributed by atoms with E-state index in [2.05, 4.69) is 16.0 Å². The molecule has 0 aliphatic carbocycles. The summed E-state index contributed by atoms with van der Waals surface area (Å²) in [6.07, 6.45) is 13.8. The van der Waals surface area contributed by atoms with Crippen molar-refractivity contribution in [2.24, 2.45) is 0 Å². The van der Waals surface area contributed by atoms with Gasteiger partial charge in [0.1, 0.15) is 6.29 Å². The number of carbonyl (C=O) groups is 1. The zero-order valence-electron chi connectivity index (χ0n) is 12.0. The van der Waals surface area contributed by atoms with Gasteiger partial charge >= 0.3 is 0 Å². The van der Waals surface area contributed by atoms with E-state index in [1.807, 2.05) is 57.5 Å². The SMILES string of the molecule is CNC(C)=CC=CC(=CC=CC(=CC=O)NC)NC. The van der Waals surface area contributed by atoms with E-state index in [9.17, 15) is 4.79 Å². The Morgan fingerprint density at radius 2 is 1.32 bits per heavy atom. The van der Waals surface area contributed by atoms with Crippen LogP contribution in [0.4, 0.5) is 0 Å². The van der Waals surface area contributed by atoms with Crippen molar-refractivity contribution in [1.82, 2.24) is 16.0 Å². The molecule has 0 heterocycles. The fourth-order valence-corrected chi connectivity index (χ4v) is 1.15. The smallest absolute Gasteiger partial charge is 0.144 e. The predicted molar refractivity (Wildman–Crippen MR) is 81.4 cm³/mol. The summed E-state index contributed by atoms with van der Waals surface area (Å²) in [5.41, 5.74) is 2.82. The summed E-state index contributed by atoms with van der Waals surface area (Å²) >= 11 is 0. The molecule has 0 atom stereocenters. The van der Waals surface area contributed by atoms with Gasteiger partial charge in [-0.15, -0.1) is 0 Å². The topological polar surface area (TPSA) is 53.2 Å². The number of nitrogens with one attached hydrogen (secondary N) is 3. The summed E-state index contributed by atoms with van der Waals surface area (Å²) in [5, 5.41) is 9.04. The highest BCUT2D eigenvalue weighted by Gasteiger charge is 1.86. The fourth-order valence-electron chi connectivity index (χ4n) is 1.15. The van der Waals surface area contributed by atoms with Crippen LogP contribution in [0.5, 0.6) is 0 Å². The van der Waals surface area contributed by atoms with Crippen LogP contribution in [0.15, 0.2) is 59.6 Å². The van der Waals surface area contributed by atoms with Crippen molar-refractivity contribution >= 4 is 6.29 Å². The maximum atomic E-state index is 10.4. The van der Waals surface area contributed by atoms with Crippen molar-refractivity contribution in [1.29, 1.82) is 0 Å².